The first-order valence-electron chi connectivity index (χ1n) is 9.83. The van der Waals surface area contributed by atoms with E-state index >= 15 is 0 Å². The van der Waals surface area contributed by atoms with Crippen LogP contribution < -0.4 is 5.32 Å². The standard InChI is InChI=1S/C23H23FN4O2/c1-12(2)22-27-23(30-28-22)16-7-5-6-13(3)21(16)26-20(29)11-17-14(4)25-19-9-8-15(24)10-18(17)19/h5-10,12,25H,11H2,1-4H3,(H,26,29). The third-order valence-electron chi connectivity index (χ3n) is 5.14. The summed E-state index contributed by atoms with van der Waals surface area (Å²) in [5, 5.41) is 7.72. The van der Waals surface area contributed by atoms with Crippen LogP contribution in [0.5, 0.6) is 0 Å². The van der Waals surface area contributed by atoms with E-state index in [-0.39, 0.29) is 24.1 Å². The molecule has 0 bridgehead atoms. The molecule has 0 atom stereocenters. The Balaban J connectivity index is 1.64. The predicted octanol–water partition coefficient (Wildman–Crippen LogP) is 5.28. The van der Waals surface area contributed by atoms with E-state index in [2.05, 4.69) is 20.4 Å². The van der Waals surface area contributed by atoms with Gasteiger partial charge in [0, 0.05) is 22.5 Å². The van der Waals surface area contributed by atoms with Gasteiger partial charge in [0.1, 0.15) is 5.82 Å². The number of nitrogens with one attached hydrogen (secondary N) is 2. The lowest BCUT2D eigenvalue weighted by Gasteiger charge is -2.12. The molecule has 2 aromatic heterocycles. The van der Waals surface area contributed by atoms with Crippen LogP contribution in [0.25, 0.3) is 22.4 Å². The molecule has 0 aliphatic rings. The van der Waals surface area contributed by atoms with E-state index in [1.807, 2.05) is 45.9 Å². The number of hydrogen-bond donors (Lipinski definition) is 2. The van der Waals surface area contributed by atoms with Gasteiger partial charge >= 0.3 is 0 Å². The van der Waals surface area contributed by atoms with Crippen molar-refractivity contribution in [3.8, 4) is 11.5 Å². The summed E-state index contributed by atoms with van der Waals surface area (Å²) < 4.78 is 19.2. The van der Waals surface area contributed by atoms with Crippen molar-refractivity contribution in [3.63, 3.8) is 0 Å². The van der Waals surface area contributed by atoms with E-state index in [4.69, 9.17) is 4.52 Å². The molecule has 1 amide bonds. The molecule has 0 aliphatic carbocycles. The first-order chi connectivity index (χ1) is 14.3. The van der Waals surface area contributed by atoms with Gasteiger partial charge in [-0.3, -0.25) is 4.79 Å². The number of aromatic nitrogens is 3. The second kappa shape index (κ2) is 7.74. The fourth-order valence-corrected chi connectivity index (χ4v) is 3.52. The van der Waals surface area contributed by atoms with Crippen molar-refractivity contribution in [2.45, 2.75) is 40.0 Å². The normalized spacial score (nSPS) is 11.4. The van der Waals surface area contributed by atoms with Crippen molar-refractivity contribution in [1.82, 2.24) is 15.1 Å². The van der Waals surface area contributed by atoms with E-state index in [9.17, 15) is 9.18 Å². The van der Waals surface area contributed by atoms with Crippen molar-refractivity contribution in [3.05, 3.63) is 64.9 Å². The summed E-state index contributed by atoms with van der Waals surface area (Å²) in [7, 11) is 0. The number of H-pyrrole nitrogens is 1. The summed E-state index contributed by atoms with van der Waals surface area (Å²) in [6, 6.07) is 10.2. The average Bonchev–Trinajstić information content (AvgIpc) is 3.29. The zero-order chi connectivity index (χ0) is 21.4. The van der Waals surface area contributed by atoms with Crippen LogP contribution in [-0.2, 0) is 11.2 Å². The highest BCUT2D eigenvalue weighted by Crippen LogP contribution is 2.31. The van der Waals surface area contributed by atoms with Crippen LogP contribution in [0.15, 0.2) is 40.9 Å². The van der Waals surface area contributed by atoms with Gasteiger partial charge in [-0.05, 0) is 49.2 Å². The van der Waals surface area contributed by atoms with Crippen molar-refractivity contribution in [2.24, 2.45) is 0 Å². The number of benzene rings is 2. The number of fused-ring (bicyclic) bond motifs is 1. The largest absolute Gasteiger partial charge is 0.358 e. The lowest BCUT2D eigenvalue weighted by atomic mass is 10.1. The Morgan fingerprint density at radius 1 is 1.23 bits per heavy atom. The Bertz CT molecular complexity index is 1240. The molecule has 0 fully saturated rings. The van der Waals surface area contributed by atoms with Gasteiger partial charge in [0.2, 0.25) is 5.91 Å². The number of aromatic amines is 1. The molecule has 4 rings (SSSR count). The molecule has 0 saturated heterocycles. The number of para-hydroxylation sites is 1. The Morgan fingerprint density at radius 3 is 2.77 bits per heavy atom. The minimum Gasteiger partial charge on any atom is -0.358 e. The second-order valence-corrected chi connectivity index (χ2v) is 7.75. The van der Waals surface area contributed by atoms with E-state index in [0.29, 0.717) is 28.4 Å². The van der Waals surface area contributed by atoms with Crippen LogP contribution in [0.2, 0.25) is 0 Å². The number of nitrogens with zero attached hydrogens (tertiary/aromatic N) is 2. The second-order valence-electron chi connectivity index (χ2n) is 7.75. The van der Waals surface area contributed by atoms with E-state index in [0.717, 1.165) is 22.3 Å². The molecule has 0 radical (unpaired) electrons. The minimum atomic E-state index is -0.332. The smallest absolute Gasteiger partial charge is 0.260 e. The summed E-state index contributed by atoms with van der Waals surface area (Å²) in [5.74, 6) is 0.572. The Kier molecular flexibility index (Phi) is 5.11. The predicted molar refractivity (Wildman–Crippen MR) is 114 cm³/mol. The number of anilines is 1. The lowest BCUT2D eigenvalue weighted by Crippen LogP contribution is -2.16. The van der Waals surface area contributed by atoms with Crippen LogP contribution in [-0.4, -0.2) is 21.0 Å². The molecular formula is C23H23FN4O2. The van der Waals surface area contributed by atoms with E-state index in [1.54, 1.807) is 6.07 Å². The number of hydrogen-bond acceptors (Lipinski definition) is 4. The molecule has 30 heavy (non-hydrogen) atoms. The summed E-state index contributed by atoms with van der Waals surface area (Å²) in [6.07, 6.45) is 0.115. The topological polar surface area (TPSA) is 83.8 Å². The lowest BCUT2D eigenvalue weighted by molar-refractivity contribution is -0.115. The van der Waals surface area contributed by atoms with Gasteiger partial charge in [-0.25, -0.2) is 4.39 Å². The first kappa shape index (κ1) is 19.8. The molecule has 2 aromatic carbocycles. The Morgan fingerprint density at radius 2 is 2.03 bits per heavy atom. The van der Waals surface area contributed by atoms with Gasteiger partial charge < -0.3 is 14.8 Å². The number of carbonyl (C=O) groups excluding carboxylic acids is 1. The quantitative estimate of drug-likeness (QED) is 0.472. The molecular weight excluding hydrogens is 383 g/mol. The summed E-state index contributed by atoms with van der Waals surface area (Å²) in [6.45, 7) is 7.76. The maximum Gasteiger partial charge on any atom is 0.260 e. The molecule has 0 saturated carbocycles. The van der Waals surface area contributed by atoms with Gasteiger partial charge in [0.25, 0.3) is 5.89 Å². The third kappa shape index (κ3) is 3.70. The fourth-order valence-electron chi connectivity index (χ4n) is 3.52. The summed E-state index contributed by atoms with van der Waals surface area (Å²) in [5.41, 5.74) is 4.60. The first-order valence-corrected chi connectivity index (χ1v) is 9.83. The van der Waals surface area contributed by atoms with Gasteiger partial charge in [0.15, 0.2) is 5.82 Å². The van der Waals surface area contributed by atoms with Gasteiger partial charge in [-0.15, -0.1) is 0 Å². The van der Waals surface area contributed by atoms with E-state index < -0.39 is 0 Å². The zero-order valence-corrected chi connectivity index (χ0v) is 17.3. The zero-order valence-electron chi connectivity index (χ0n) is 17.3. The number of rotatable bonds is 5. The highest BCUT2D eigenvalue weighted by Gasteiger charge is 2.19. The highest BCUT2D eigenvalue weighted by molar-refractivity contribution is 5.99. The number of halogens is 1. The SMILES string of the molecule is Cc1cccc(-c2nc(C(C)C)no2)c1NC(=O)Cc1c(C)[nH]c2ccc(F)cc12. The van der Waals surface area contributed by atoms with Crippen LogP contribution >= 0.6 is 0 Å². The maximum absolute atomic E-state index is 13.7. The molecule has 4 aromatic rings. The Labute approximate surface area is 173 Å². The van der Waals surface area contributed by atoms with Crippen molar-refractivity contribution in [1.29, 1.82) is 0 Å². The molecule has 0 unspecified atom stereocenters. The van der Waals surface area contributed by atoms with Crippen molar-refractivity contribution >= 4 is 22.5 Å². The molecule has 7 heteroatoms. The highest BCUT2D eigenvalue weighted by atomic mass is 19.1. The summed E-state index contributed by atoms with van der Waals surface area (Å²) in [4.78, 5) is 20.6. The molecule has 2 N–H and O–H groups in total. The molecule has 154 valence electrons. The molecule has 0 aliphatic heterocycles. The van der Waals surface area contributed by atoms with Crippen LogP contribution in [0, 0.1) is 19.7 Å². The number of amides is 1. The van der Waals surface area contributed by atoms with Crippen molar-refractivity contribution in [2.75, 3.05) is 5.32 Å². The molecule has 0 spiro atoms. The van der Waals surface area contributed by atoms with E-state index in [1.165, 1.54) is 12.1 Å². The van der Waals surface area contributed by atoms with Gasteiger partial charge in [-0.2, -0.15) is 4.98 Å². The Hall–Kier alpha value is -3.48. The van der Waals surface area contributed by atoms with Gasteiger partial charge in [-0.1, -0.05) is 31.1 Å². The van der Waals surface area contributed by atoms with Crippen LogP contribution in [0.1, 0.15) is 42.4 Å². The fraction of sp³-hybridized carbons (Fsp3) is 0.261. The van der Waals surface area contributed by atoms with Crippen LogP contribution in [0.4, 0.5) is 10.1 Å². The summed E-state index contributed by atoms with van der Waals surface area (Å²) >= 11 is 0. The number of aryl methyl sites for hydroxylation is 2. The average molecular weight is 406 g/mol. The van der Waals surface area contributed by atoms with Crippen molar-refractivity contribution < 1.29 is 13.7 Å². The molecule has 2 heterocycles. The van der Waals surface area contributed by atoms with Crippen LogP contribution in [0.3, 0.4) is 0 Å². The van der Waals surface area contributed by atoms with Gasteiger partial charge in [0.05, 0.1) is 17.7 Å². The number of carbonyl (C=O) groups is 1. The third-order valence-corrected chi connectivity index (χ3v) is 5.14. The monoisotopic (exact) mass is 406 g/mol. The maximum atomic E-state index is 13.7. The minimum absolute atomic E-state index is 0.115. The molecule has 6 nitrogen and oxygen atoms in total.